The molecule has 6 heteroatoms. The minimum absolute atomic E-state index is 0.0359. The molecule has 4 rings (SSSR count). The number of hydrogen-bond donors (Lipinski definition) is 0. The number of fused-ring (bicyclic) bond motifs is 2. The maximum Gasteiger partial charge on any atom is 0.138 e. The van der Waals surface area contributed by atoms with Gasteiger partial charge < -0.3 is 0 Å². The molecule has 0 radical (unpaired) electrons. The summed E-state index contributed by atoms with van der Waals surface area (Å²) < 4.78 is 0. The quantitative estimate of drug-likeness (QED) is 0.553. The molecule has 0 amide bonds. The van der Waals surface area contributed by atoms with Crippen LogP contribution in [0.25, 0.3) is 22.3 Å². The molecule has 33 heavy (non-hydrogen) atoms. The van der Waals surface area contributed by atoms with Gasteiger partial charge in [0.15, 0.2) is 0 Å². The van der Waals surface area contributed by atoms with Gasteiger partial charge in [-0.25, -0.2) is 0 Å². The Morgan fingerprint density at radius 1 is 0.515 bits per heavy atom. The Labute approximate surface area is 190 Å². The van der Waals surface area contributed by atoms with Crippen molar-refractivity contribution in [3.8, 4) is 36.4 Å². The molecule has 0 bridgehead atoms. The first-order valence-electron chi connectivity index (χ1n) is 9.70. The Balaban J connectivity index is 2.27. The topological polar surface area (TPSA) is 143 Å². The minimum atomic E-state index is -0.147. The van der Waals surface area contributed by atoms with Crippen molar-refractivity contribution < 1.29 is 0 Å². The number of nitriles is 6. The molecule has 148 valence electrons. The van der Waals surface area contributed by atoms with Crippen LogP contribution in [0.4, 0.5) is 0 Å². The van der Waals surface area contributed by atoms with E-state index in [4.69, 9.17) is 0 Å². The van der Waals surface area contributed by atoms with E-state index in [0.717, 1.165) is 5.56 Å². The highest BCUT2D eigenvalue weighted by Gasteiger charge is 2.37. The number of rotatable bonds is 0. The summed E-state index contributed by atoms with van der Waals surface area (Å²) in [6.07, 6.45) is 0.181. The van der Waals surface area contributed by atoms with Gasteiger partial charge in [-0.3, -0.25) is 0 Å². The second-order valence-corrected chi connectivity index (χ2v) is 7.15. The fourth-order valence-corrected chi connectivity index (χ4v) is 4.39. The van der Waals surface area contributed by atoms with E-state index in [1.54, 1.807) is 42.5 Å². The minimum Gasteiger partial charge on any atom is -0.192 e. The summed E-state index contributed by atoms with van der Waals surface area (Å²) in [7, 11) is 0. The summed E-state index contributed by atoms with van der Waals surface area (Å²) in [5, 5.41) is 57.9. The van der Waals surface area contributed by atoms with Gasteiger partial charge in [-0.05, 0) is 39.0 Å². The monoisotopic (exact) mass is 418 g/mol. The molecule has 6 nitrogen and oxygen atoms in total. The summed E-state index contributed by atoms with van der Waals surface area (Å²) in [4.78, 5) is 0. The second-order valence-electron chi connectivity index (χ2n) is 7.15. The van der Waals surface area contributed by atoms with Crippen molar-refractivity contribution in [1.29, 1.82) is 31.6 Å². The molecular weight excluding hydrogens is 408 g/mol. The third-order valence-corrected chi connectivity index (χ3v) is 5.67. The van der Waals surface area contributed by atoms with Crippen LogP contribution in [0.3, 0.4) is 0 Å². The van der Waals surface area contributed by atoms with Crippen molar-refractivity contribution in [2.45, 2.75) is 6.42 Å². The first-order chi connectivity index (χ1) is 16.1. The van der Waals surface area contributed by atoms with Crippen molar-refractivity contribution in [1.82, 2.24) is 0 Å². The molecule has 2 aliphatic carbocycles. The predicted molar refractivity (Wildman–Crippen MR) is 119 cm³/mol. The largest absolute Gasteiger partial charge is 0.192 e. The summed E-state index contributed by atoms with van der Waals surface area (Å²) in [5.74, 6) is 0. The van der Waals surface area contributed by atoms with Gasteiger partial charge in [-0.1, -0.05) is 48.5 Å². The Hall–Kier alpha value is -5.66. The lowest BCUT2D eigenvalue weighted by molar-refractivity contribution is 1.42. The fraction of sp³-hybridized carbons (Fsp3) is 0.0370. The molecule has 0 unspecified atom stereocenters. The van der Waals surface area contributed by atoms with Crippen molar-refractivity contribution in [2.75, 3.05) is 0 Å². The average molecular weight is 418 g/mol. The van der Waals surface area contributed by atoms with E-state index in [9.17, 15) is 31.6 Å². The van der Waals surface area contributed by atoms with Crippen molar-refractivity contribution in [3.63, 3.8) is 0 Å². The highest BCUT2D eigenvalue weighted by atomic mass is 14.4. The Kier molecular flexibility index (Phi) is 5.14. The zero-order valence-corrected chi connectivity index (χ0v) is 17.0. The van der Waals surface area contributed by atoms with Crippen LogP contribution in [0, 0.1) is 68.0 Å². The Bertz CT molecular complexity index is 1520. The summed E-state index contributed by atoms with van der Waals surface area (Å²) in [5.41, 5.74) is 4.53. The number of benzene rings is 2. The first-order valence-corrected chi connectivity index (χ1v) is 9.70. The fourth-order valence-electron chi connectivity index (χ4n) is 4.39. The third kappa shape index (κ3) is 2.98. The molecule has 0 saturated heterocycles. The van der Waals surface area contributed by atoms with E-state index in [2.05, 4.69) is 0 Å². The molecular formula is C27H10N6. The van der Waals surface area contributed by atoms with Crippen LogP contribution in [0.15, 0.2) is 70.8 Å². The molecule has 2 aromatic carbocycles. The van der Waals surface area contributed by atoms with E-state index in [1.807, 2.05) is 42.5 Å². The van der Waals surface area contributed by atoms with E-state index >= 15 is 0 Å². The summed E-state index contributed by atoms with van der Waals surface area (Å²) in [6.45, 7) is 0. The van der Waals surface area contributed by atoms with E-state index in [1.165, 1.54) is 0 Å². The smallest absolute Gasteiger partial charge is 0.138 e. The Morgan fingerprint density at radius 3 is 1.33 bits per heavy atom. The van der Waals surface area contributed by atoms with Crippen LogP contribution < -0.4 is 0 Å². The lowest BCUT2D eigenvalue weighted by Gasteiger charge is -2.11. The molecule has 2 aliphatic rings. The lowest BCUT2D eigenvalue weighted by Crippen LogP contribution is -1.94. The normalized spacial score (nSPS) is 12.8. The van der Waals surface area contributed by atoms with E-state index < -0.39 is 0 Å². The molecule has 0 saturated carbocycles. The molecule has 0 aromatic heterocycles. The summed E-state index contributed by atoms with van der Waals surface area (Å²) >= 11 is 0. The first kappa shape index (κ1) is 20.6. The van der Waals surface area contributed by atoms with Gasteiger partial charge >= 0.3 is 0 Å². The van der Waals surface area contributed by atoms with Gasteiger partial charge in [-0.2, -0.15) is 31.6 Å². The van der Waals surface area contributed by atoms with Crippen LogP contribution in [0.5, 0.6) is 0 Å². The number of nitrogens with zero attached hydrogens (tertiary/aromatic N) is 6. The highest BCUT2D eigenvalue weighted by molar-refractivity contribution is 6.19. The molecule has 0 aliphatic heterocycles. The predicted octanol–water partition coefficient (Wildman–Crippen LogP) is 4.96. The van der Waals surface area contributed by atoms with Crippen molar-refractivity contribution in [3.05, 3.63) is 93.1 Å². The maximum absolute atomic E-state index is 9.73. The molecule has 0 fully saturated rings. The lowest BCUT2D eigenvalue weighted by atomic mass is 9.89. The van der Waals surface area contributed by atoms with Gasteiger partial charge in [0.25, 0.3) is 0 Å². The highest BCUT2D eigenvalue weighted by Crippen LogP contribution is 2.55. The average Bonchev–Trinajstić information content (AvgIpc) is 3.39. The van der Waals surface area contributed by atoms with Crippen LogP contribution in [-0.4, -0.2) is 0 Å². The third-order valence-electron chi connectivity index (χ3n) is 5.67. The van der Waals surface area contributed by atoms with Crippen molar-refractivity contribution >= 4 is 22.3 Å². The van der Waals surface area contributed by atoms with Gasteiger partial charge in [0, 0.05) is 17.6 Å². The van der Waals surface area contributed by atoms with E-state index in [-0.39, 0.29) is 23.1 Å². The van der Waals surface area contributed by atoms with E-state index in [0.29, 0.717) is 44.6 Å². The number of hydrogen-bond acceptors (Lipinski definition) is 6. The standard InChI is InChI=1S/C27H10N6/c28-10-16(11-29)23-9-24(20-6-2-1-5-19(20)23)27-25(17(12-30)13-31)21-7-3-4-8-22(21)26(27)18(14-32)15-33/h1-8H,9H2. The SMILES string of the molecule is N#CC(C#N)=C1CC(=C2C(=C(C#N)C#N)c3ccccc3C2=C(C#N)C#N)c2ccccc21. The zero-order chi connectivity index (χ0) is 23.5. The van der Waals surface area contributed by atoms with Crippen LogP contribution in [-0.2, 0) is 0 Å². The molecule has 0 atom stereocenters. The Morgan fingerprint density at radius 2 is 0.909 bits per heavy atom. The molecule has 2 aromatic rings. The van der Waals surface area contributed by atoms with Gasteiger partial charge in [0.05, 0.1) is 0 Å². The van der Waals surface area contributed by atoms with Crippen LogP contribution >= 0.6 is 0 Å². The van der Waals surface area contributed by atoms with Crippen LogP contribution in [0.2, 0.25) is 0 Å². The number of allylic oxidation sites excluding steroid dienone is 8. The van der Waals surface area contributed by atoms with Gasteiger partial charge in [0.1, 0.15) is 53.1 Å². The molecule has 0 spiro atoms. The maximum atomic E-state index is 9.73. The zero-order valence-electron chi connectivity index (χ0n) is 17.0. The van der Waals surface area contributed by atoms with Crippen molar-refractivity contribution in [2.24, 2.45) is 0 Å². The molecule has 0 N–H and O–H groups in total. The molecule has 0 heterocycles. The van der Waals surface area contributed by atoms with Gasteiger partial charge in [0.2, 0.25) is 0 Å². The summed E-state index contributed by atoms with van der Waals surface area (Å²) in [6, 6.07) is 25.9. The van der Waals surface area contributed by atoms with Crippen LogP contribution in [0.1, 0.15) is 28.7 Å². The second kappa shape index (κ2) is 8.23. The van der Waals surface area contributed by atoms with Gasteiger partial charge in [-0.15, -0.1) is 0 Å².